The van der Waals surface area contributed by atoms with E-state index in [1.54, 1.807) is 21.3 Å². The molecule has 1 aliphatic carbocycles. The lowest BCUT2D eigenvalue weighted by atomic mass is 9.65. The van der Waals surface area contributed by atoms with Crippen LogP contribution in [0.25, 0.3) is 22.4 Å². The van der Waals surface area contributed by atoms with Crippen molar-refractivity contribution >= 4 is 22.7 Å². The number of H-pyrrole nitrogens is 1. The Morgan fingerprint density at radius 2 is 1.56 bits per heavy atom. The number of methoxy groups -OCH3 is 3. The molecule has 1 aromatic heterocycles. The number of aromatic nitrogens is 2. The number of nitrogens with one attached hydrogen (secondary N) is 2. The normalized spacial score (nSPS) is 21.2. The van der Waals surface area contributed by atoms with Gasteiger partial charge in [-0.25, -0.2) is 4.98 Å². The van der Waals surface area contributed by atoms with Crippen molar-refractivity contribution in [2.24, 2.45) is 11.8 Å². The van der Waals surface area contributed by atoms with Crippen molar-refractivity contribution in [1.82, 2.24) is 9.97 Å². The molecule has 0 amide bonds. The van der Waals surface area contributed by atoms with Crippen LogP contribution in [-0.4, -0.2) is 50.7 Å². The molecule has 1 fully saturated rings. The van der Waals surface area contributed by atoms with Crippen LogP contribution in [0.2, 0.25) is 0 Å². The molecule has 4 aromatic carbocycles. The lowest BCUT2D eigenvalue weighted by Gasteiger charge is -2.40. The van der Waals surface area contributed by atoms with Crippen LogP contribution >= 0.6 is 0 Å². The number of ether oxygens (including phenoxy) is 6. The Morgan fingerprint density at radius 1 is 0.844 bits per heavy atom. The highest BCUT2D eigenvalue weighted by Crippen LogP contribution is 2.56. The number of para-hydroxylation sites is 2. The molecule has 3 aliphatic rings. The average molecular weight is 606 g/mol. The minimum Gasteiger partial charge on any atom is -0.493 e. The number of aromatic amines is 1. The molecule has 0 bridgehead atoms. The van der Waals surface area contributed by atoms with Crippen molar-refractivity contribution in [3.05, 3.63) is 89.5 Å². The van der Waals surface area contributed by atoms with Crippen LogP contribution in [0.4, 0.5) is 5.69 Å². The number of fused-ring (bicyclic) bond motifs is 4. The highest BCUT2D eigenvalue weighted by molar-refractivity contribution is 5.80. The molecule has 45 heavy (non-hydrogen) atoms. The number of imidazole rings is 1. The molecule has 0 spiro atoms. The predicted molar refractivity (Wildman–Crippen MR) is 166 cm³/mol. The SMILES string of the molecule is COc1cc([C@@H]2c3cc4c(cc3[C@@H](Nc3ccc(-c5nc6ccccc6[nH]5)cc3)[C@H]3COC(=O)[C@H]23)OCO4)cc(OC)c1OC. The van der Waals surface area contributed by atoms with E-state index >= 15 is 0 Å². The van der Waals surface area contributed by atoms with Crippen LogP contribution in [-0.2, 0) is 9.53 Å². The summed E-state index contributed by atoms with van der Waals surface area (Å²) >= 11 is 0. The first-order valence-electron chi connectivity index (χ1n) is 14.8. The molecule has 3 heterocycles. The summed E-state index contributed by atoms with van der Waals surface area (Å²) in [6, 6.07) is 23.7. The van der Waals surface area contributed by atoms with Gasteiger partial charge >= 0.3 is 5.97 Å². The van der Waals surface area contributed by atoms with Crippen molar-refractivity contribution < 1.29 is 33.2 Å². The highest BCUT2D eigenvalue weighted by atomic mass is 16.7. The molecule has 228 valence electrons. The summed E-state index contributed by atoms with van der Waals surface area (Å²) < 4.78 is 34.3. The minimum atomic E-state index is -0.465. The summed E-state index contributed by atoms with van der Waals surface area (Å²) in [5.74, 6) is 2.42. The number of nitrogens with zero attached hydrogens (tertiary/aromatic N) is 1. The fraction of sp³-hybridized carbons (Fsp3) is 0.257. The van der Waals surface area contributed by atoms with E-state index in [9.17, 15) is 4.79 Å². The van der Waals surface area contributed by atoms with E-state index in [0.717, 1.165) is 44.8 Å². The molecule has 0 saturated carbocycles. The number of benzene rings is 4. The van der Waals surface area contributed by atoms with Gasteiger partial charge in [-0.2, -0.15) is 0 Å². The van der Waals surface area contributed by atoms with Gasteiger partial charge < -0.3 is 38.7 Å². The topological polar surface area (TPSA) is 113 Å². The maximum atomic E-state index is 13.5. The molecule has 5 aromatic rings. The van der Waals surface area contributed by atoms with E-state index < -0.39 is 5.92 Å². The van der Waals surface area contributed by atoms with Crippen molar-refractivity contribution in [3.63, 3.8) is 0 Å². The zero-order valence-electron chi connectivity index (χ0n) is 25.0. The Morgan fingerprint density at radius 3 is 2.24 bits per heavy atom. The molecule has 2 N–H and O–H groups in total. The zero-order chi connectivity index (χ0) is 30.7. The van der Waals surface area contributed by atoms with Gasteiger partial charge in [0.1, 0.15) is 5.82 Å². The predicted octanol–water partition coefficient (Wildman–Crippen LogP) is 6.07. The summed E-state index contributed by atoms with van der Waals surface area (Å²) in [7, 11) is 4.74. The number of carbonyl (C=O) groups excluding carboxylic acids is 1. The smallest absolute Gasteiger partial charge is 0.310 e. The van der Waals surface area contributed by atoms with Gasteiger partial charge in [-0.1, -0.05) is 12.1 Å². The zero-order valence-corrected chi connectivity index (χ0v) is 25.0. The number of hydrogen-bond donors (Lipinski definition) is 2. The molecule has 0 radical (unpaired) electrons. The number of carbonyl (C=O) groups is 1. The number of hydrogen-bond acceptors (Lipinski definition) is 9. The minimum absolute atomic E-state index is 0.142. The summed E-state index contributed by atoms with van der Waals surface area (Å²) in [5, 5.41) is 3.73. The third-order valence-corrected chi connectivity index (χ3v) is 9.10. The average Bonchev–Trinajstić information content (AvgIpc) is 3.82. The van der Waals surface area contributed by atoms with Crippen molar-refractivity contribution in [1.29, 1.82) is 0 Å². The molecular weight excluding hydrogens is 574 g/mol. The molecule has 1 saturated heterocycles. The van der Waals surface area contributed by atoms with Crippen LogP contribution in [0.3, 0.4) is 0 Å². The molecule has 10 heteroatoms. The van der Waals surface area contributed by atoms with Crippen molar-refractivity contribution in [3.8, 4) is 40.1 Å². The second-order valence-corrected chi connectivity index (χ2v) is 11.4. The first-order valence-corrected chi connectivity index (χ1v) is 14.8. The molecule has 4 atom stereocenters. The van der Waals surface area contributed by atoms with Crippen molar-refractivity contribution in [2.45, 2.75) is 12.0 Å². The molecule has 8 rings (SSSR count). The van der Waals surface area contributed by atoms with Crippen LogP contribution in [0, 0.1) is 11.8 Å². The largest absolute Gasteiger partial charge is 0.493 e. The fourth-order valence-corrected chi connectivity index (χ4v) is 7.02. The number of anilines is 1. The van der Waals surface area contributed by atoms with Crippen LogP contribution in [0.1, 0.15) is 28.7 Å². The maximum absolute atomic E-state index is 13.5. The lowest BCUT2D eigenvalue weighted by Crippen LogP contribution is -2.37. The van der Waals surface area contributed by atoms with Gasteiger partial charge in [0.2, 0.25) is 12.5 Å². The third kappa shape index (κ3) is 4.39. The standard InChI is InChI=1S/C35H31N3O7/c1-40-28-12-19(13-29(41-2)33(28)42-3)30-21-14-26-27(45-17-44-26)15-22(21)32(23-16-43-35(39)31(23)30)36-20-10-8-18(9-11-20)34-37-24-6-4-5-7-25(24)38-34/h4-15,23,30-32,36H,16-17H2,1-3H3,(H,37,38)/t23-,30+,31-,32+/m0/s1. The van der Waals surface area contributed by atoms with E-state index in [0.29, 0.717) is 28.7 Å². The van der Waals surface area contributed by atoms with E-state index in [1.807, 2.05) is 72.8 Å². The first-order chi connectivity index (χ1) is 22.1. The van der Waals surface area contributed by atoms with Gasteiger partial charge in [0, 0.05) is 23.1 Å². The monoisotopic (exact) mass is 605 g/mol. The van der Waals surface area contributed by atoms with E-state index in [4.69, 9.17) is 33.4 Å². The lowest BCUT2D eigenvalue weighted by molar-refractivity contribution is -0.141. The van der Waals surface area contributed by atoms with Crippen LogP contribution < -0.4 is 29.0 Å². The second-order valence-electron chi connectivity index (χ2n) is 11.4. The summed E-state index contributed by atoms with van der Waals surface area (Å²) in [6.07, 6.45) is 0. The van der Waals surface area contributed by atoms with Gasteiger partial charge in [-0.05, 0) is 77.4 Å². The van der Waals surface area contributed by atoms with Gasteiger partial charge in [-0.15, -0.1) is 0 Å². The second kappa shape index (κ2) is 10.7. The number of rotatable bonds is 7. The van der Waals surface area contributed by atoms with Crippen LogP contribution in [0.15, 0.2) is 72.8 Å². The van der Waals surface area contributed by atoms with E-state index in [-0.39, 0.29) is 37.2 Å². The maximum Gasteiger partial charge on any atom is 0.310 e. The molecule has 10 nitrogen and oxygen atoms in total. The molecule has 0 unspecified atom stereocenters. The third-order valence-electron chi connectivity index (χ3n) is 9.10. The Kier molecular flexibility index (Phi) is 6.44. The number of cyclic esters (lactones) is 1. The van der Waals surface area contributed by atoms with Gasteiger partial charge in [0.25, 0.3) is 0 Å². The van der Waals surface area contributed by atoms with Crippen LogP contribution in [0.5, 0.6) is 28.7 Å². The Balaban J connectivity index is 1.21. The van der Waals surface area contributed by atoms with Crippen molar-refractivity contribution in [2.75, 3.05) is 40.0 Å². The molecule has 2 aliphatic heterocycles. The summed E-state index contributed by atoms with van der Waals surface area (Å²) in [4.78, 5) is 21.7. The Bertz CT molecular complexity index is 1880. The summed E-state index contributed by atoms with van der Waals surface area (Å²) in [6.45, 7) is 0.427. The van der Waals surface area contributed by atoms with E-state index in [2.05, 4.69) is 10.3 Å². The number of esters is 1. The van der Waals surface area contributed by atoms with Gasteiger partial charge in [0.15, 0.2) is 23.0 Å². The quantitative estimate of drug-likeness (QED) is 0.213. The van der Waals surface area contributed by atoms with E-state index in [1.165, 1.54) is 0 Å². The van der Waals surface area contributed by atoms with Gasteiger partial charge in [0.05, 0.1) is 50.9 Å². The first kappa shape index (κ1) is 27.2. The molecular formula is C35H31N3O7. The Labute approximate surface area is 259 Å². The van der Waals surface area contributed by atoms with Gasteiger partial charge in [-0.3, -0.25) is 4.79 Å². The Hall–Kier alpha value is -5.38. The summed E-state index contributed by atoms with van der Waals surface area (Å²) in [5.41, 5.74) is 6.62. The highest BCUT2D eigenvalue weighted by Gasteiger charge is 2.52. The fourth-order valence-electron chi connectivity index (χ4n) is 7.02.